The van der Waals surface area contributed by atoms with Crippen LogP contribution in [0.3, 0.4) is 0 Å². The highest BCUT2D eigenvalue weighted by atomic mass is 16.5. The second-order valence-corrected chi connectivity index (χ2v) is 6.57. The molecule has 7 heteroatoms. The molecule has 2 aromatic heterocycles. The lowest BCUT2D eigenvalue weighted by Gasteiger charge is -2.16. The number of rotatable bonds is 5. The zero-order chi connectivity index (χ0) is 19.0. The number of amides is 1. The Hall–Kier alpha value is -3.22. The van der Waals surface area contributed by atoms with Crippen LogP contribution in [0.25, 0.3) is 5.82 Å². The highest BCUT2D eigenvalue weighted by Crippen LogP contribution is 2.39. The average molecular weight is 366 g/mol. The van der Waals surface area contributed by atoms with E-state index in [1.165, 1.54) is 5.56 Å². The fraction of sp³-hybridized carbons (Fsp3) is 0.300. The minimum absolute atomic E-state index is 0.0648. The number of ether oxygens (including phenoxy) is 2. The maximum atomic E-state index is 13.0. The van der Waals surface area contributed by atoms with Crippen molar-refractivity contribution in [3.8, 4) is 17.3 Å². The molecule has 0 saturated heterocycles. The van der Waals surface area contributed by atoms with Crippen molar-refractivity contribution < 1.29 is 14.3 Å². The first-order valence-electron chi connectivity index (χ1n) is 8.83. The predicted molar refractivity (Wildman–Crippen MR) is 101 cm³/mol. The molecule has 7 nitrogen and oxygen atoms in total. The van der Waals surface area contributed by atoms with E-state index in [4.69, 9.17) is 9.47 Å². The van der Waals surface area contributed by atoms with Gasteiger partial charge in [0.2, 0.25) is 0 Å². The van der Waals surface area contributed by atoms with E-state index in [1.807, 2.05) is 48.3 Å². The van der Waals surface area contributed by atoms with Crippen molar-refractivity contribution in [1.82, 2.24) is 19.7 Å². The van der Waals surface area contributed by atoms with E-state index in [9.17, 15) is 4.79 Å². The van der Waals surface area contributed by atoms with Gasteiger partial charge in [0.05, 0.1) is 26.5 Å². The summed E-state index contributed by atoms with van der Waals surface area (Å²) in [4.78, 5) is 13.0. The quantitative estimate of drug-likeness (QED) is 0.754. The summed E-state index contributed by atoms with van der Waals surface area (Å²) in [5, 5.41) is 7.41. The van der Waals surface area contributed by atoms with Gasteiger partial charge in [0.1, 0.15) is 11.4 Å². The van der Waals surface area contributed by atoms with Crippen molar-refractivity contribution in [2.45, 2.75) is 18.9 Å². The van der Waals surface area contributed by atoms with E-state index in [0.29, 0.717) is 17.1 Å². The predicted octanol–water partition coefficient (Wildman–Crippen LogP) is 2.65. The molecule has 3 aromatic rings. The standard InChI is InChI=1S/C20H22N4O3/c1-23-20(24-8-4-5-9-24)15(12-21-23)19(25)22-16-7-6-13-10-17(26-2)18(27-3)11-14(13)16/h4-5,8-12,16H,6-7H2,1-3H3,(H,22,25)/t16-/m0/s1. The smallest absolute Gasteiger partial charge is 0.257 e. The first-order valence-corrected chi connectivity index (χ1v) is 8.83. The van der Waals surface area contributed by atoms with Gasteiger partial charge in [0.15, 0.2) is 11.5 Å². The molecule has 0 spiro atoms. The molecular weight excluding hydrogens is 344 g/mol. The van der Waals surface area contributed by atoms with Crippen molar-refractivity contribution in [3.63, 3.8) is 0 Å². The van der Waals surface area contributed by atoms with Crippen LogP contribution in [0.4, 0.5) is 0 Å². The Kier molecular flexibility index (Phi) is 4.35. The Bertz CT molecular complexity index is 976. The summed E-state index contributed by atoms with van der Waals surface area (Å²) in [6, 6.07) is 7.73. The number of fused-ring (bicyclic) bond motifs is 1. The van der Waals surface area contributed by atoms with Crippen LogP contribution >= 0.6 is 0 Å². The van der Waals surface area contributed by atoms with Crippen molar-refractivity contribution in [2.75, 3.05) is 14.2 Å². The number of carbonyl (C=O) groups is 1. The number of hydrogen-bond acceptors (Lipinski definition) is 4. The average Bonchev–Trinajstić information content (AvgIpc) is 3.40. The molecule has 27 heavy (non-hydrogen) atoms. The van der Waals surface area contributed by atoms with Gasteiger partial charge < -0.3 is 19.4 Å². The van der Waals surface area contributed by atoms with Gasteiger partial charge in [-0.15, -0.1) is 0 Å². The number of methoxy groups -OCH3 is 2. The Morgan fingerprint density at radius 2 is 1.89 bits per heavy atom. The second-order valence-electron chi connectivity index (χ2n) is 6.57. The molecule has 1 amide bonds. The Morgan fingerprint density at radius 1 is 1.19 bits per heavy atom. The number of aromatic nitrogens is 3. The van der Waals surface area contributed by atoms with Crippen LogP contribution < -0.4 is 14.8 Å². The van der Waals surface area contributed by atoms with Gasteiger partial charge in [-0.3, -0.25) is 9.48 Å². The maximum Gasteiger partial charge on any atom is 0.257 e. The fourth-order valence-electron chi connectivity index (χ4n) is 3.69. The summed E-state index contributed by atoms with van der Waals surface area (Å²) < 4.78 is 14.4. The highest BCUT2D eigenvalue weighted by molar-refractivity contribution is 5.97. The van der Waals surface area contributed by atoms with Gasteiger partial charge in [-0.1, -0.05) is 0 Å². The zero-order valence-electron chi connectivity index (χ0n) is 15.6. The normalized spacial score (nSPS) is 15.4. The van der Waals surface area contributed by atoms with Gasteiger partial charge in [0.25, 0.3) is 5.91 Å². The van der Waals surface area contributed by atoms with Crippen LogP contribution in [0.2, 0.25) is 0 Å². The minimum atomic E-state index is -0.139. The highest BCUT2D eigenvalue weighted by Gasteiger charge is 2.28. The molecule has 0 fully saturated rings. The molecule has 1 atom stereocenters. The van der Waals surface area contributed by atoms with Gasteiger partial charge in [0, 0.05) is 19.4 Å². The summed E-state index contributed by atoms with van der Waals surface area (Å²) in [6.07, 6.45) is 7.13. The number of benzene rings is 1. The minimum Gasteiger partial charge on any atom is -0.493 e. The number of nitrogens with zero attached hydrogens (tertiary/aromatic N) is 3. The van der Waals surface area contributed by atoms with Crippen LogP contribution in [-0.2, 0) is 13.5 Å². The van der Waals surface area contributed by atoms with Crippen LogP contribution in [0.15, 0.2) is 42.9 Å². The van der Waals surface area contributed by atoms with Gasteiger partial charge in [-0.05, 0) is 48.2 Å². The molecule has 0 aliphatic heterocycles. The Morgan fingerprint density at radius 3 is 2.59 bits per heavy atom. The third kappa shape index (κ3) is 2.95. The summed E-state index contributed by atoms with van der Waals surface area (Å²) in [6.45, 7) is 0. The van der Waals surface area contributed by atoms with E-state index in [-0.39, 0.29) is 11.9 Å². The summed E-state index contributed by atoms with van der Waals surface area (Å²) in [7, 11) is 5.07. The van der Waals surface area contributed by atoms with Crippen LogP contribution in [0.1, 0.15) is 33.9 Å². The van der Waals surface area contributed by atoms with Crippen molar-refractivity contribution in [2.24, 2.45) is 7.05 Å². The molecule has 0 radical (unpaired) electrons. The second kappa shape index (κ2) is 6.83. The largest absolute Gasteiger partial charge is 0.493 e. The molecule has 1 aliphatic rings. The summed E-state index contributed by atoms with van der Waals surface area (Å²) in [5.41, 5.74) is 2.80. The molecule has 4 rings (SSSR count). The fourth-order valence-corrected chi connectivity index (χ4v) is 3.69. The Labute approximate surface area is 157 Å². The maximum absolute atomic E-state index is 13.0. The van der Waals surface area contributed by atoms with E-state index < -0.39 is 0 Å². The summed E-state index contributed by atoms with van der Waals surface area (Å²) >= 11 is 0. The monoisotopic (exact) mass is 366 g/mol. The molecule has 1 aromatic carbocycles. The van der Waals surface area contributed by atoms with E-state index in [2.05, 4.69) is 10.4 Å². The number of hydrogen-bond donors (Lipinski definition) is 1. The van der Waals surface area contributed by atoms with Crippen molar-refractivity contribution >= 4 is 5.91 Å². The number of nitrogens with one attached hydrogen (secondary N) is 1. The van der Waals surface area contributed by atoms with Crippen LogP contribution in [-0.4, -0.2) is 34.5 Å². The van der Waals surface area contributed by atoms with Crippen molar-refractivity contribution in [1.29, 1.82) is 0 Å². The van der Waals surface area contributed by atoms with E-state index >= 15 is 0 Å². The molecule has 2 heterocycles. The van der Waals surface area contributed by atoms with Crippen LogP contribution in [0, 0.1) is 0 Å². The molecule has 0 bridgehead atoms. The molecular formula is C20H22N4O3. The molecule has 0 saturated carbocycles. The Balaban J connectivity index is 1.62. The lowest BCUT2D eigenvalue weighted by molar-refractivity contribution is 0.0936. The van der Waals surface area contributed by atoms with Gasteiger partial charge in [-0.25, -0.2) is 0 Å². The van der Waals surface area contributed by atoms with Gasteiger partial charge in [-0.2, -0.15) is 5.10 Å². The SMILES string of the molecule is COc1cc2c(cc1OC)[C@@H](NC(=O)c1cnn(C)c1-n1cccc1)CC2. The molecule has 1 aliphatic carbocycles. The lowest BCUT2D eigenvalue weighted by atomic mass is 10.1. The first-order chi connectivity index (χ1) is 13.1. The lowest BCUT2D eigenvalue weighted by Crippen LogP contribution is -2.28. The molecule has 1 N–H and O–H groups in total. The number of aryl methyl sites for hydroxylation is 2. The van der Waals surface area contributed by atoms with Crippen LogP contribution in [0.5, 0.6) is 11.5 Å². The van der Waals surface area contributed by atoms with E-state index in [0.717, 1.165) is 24.2 Å². The zero-order valence-corrected chi connectivity index (χ0v) is 15.6. The van der Waals surface area contributed by atoms with Gasteiger partial charge >= 0.3 is 0 Å². The first kappa shape index (κ1) is 17.2. The van der Waals surface area contributed by atoms with E-state index in [1.54, 1.807) is 25.1 Å². The third-order valence-electron chi connectivity index (χ3n) is 5.03. The molecule has 0 unspecified atom stereocenters. The topological polar surface area (TPSA) is 70.3 Å². The molecule has 140 valence electrons. The third-order valence-corrected chi connectivity index (χ3v) is 5.03. The number of carbonyl (C=O) groups excluding carboxylic acids is 1. The van der Waals surface area contributed by atoms with Crippen molar-refractivity contribution in [3.05, 3.63) is 59.5 Å². The summed E-state index contributed by atoms with van der Waals surface area (Å²) in [5.74, 6) is 1.99.